The summed E-state index contributed by atoms with van der Waals surface area (Å²) in [6.45, 7) is 2.34. The number of H-pyrrole nitrogens is 1. The molecular formula is C30H24N2O3S. The third-order valence-electron chi connectivity index (χ3n) is 7.03. The van der Waals surface area contributed by atoms with Gasteiger partial charge in [0.1, 0.15) is 5.76 Å². The molecule has 1 amide bonds. The van der Waals surface area contributed by atoms with Crippen LogP contribution in [0.2, 0.25) is 0 Å². The predicted octanol–water partition coefficient (Wildman–Crippen LogP) is 6.36. The first-order chi connectivity index (χ1) is 17.5. The van der Waals surface area contributed by atoms with Crippen molar-refractivity contribution in [3.8, 4) is 0 Å². The number of ketones is 1. The maximum absolute atomic E-state index is 13.4. The summed E-state index contributed by atoms with van der Waals surface area (Å²) >= 11 is 1.50. The maximum atomic E-state index is 13.4. The molecule has 1 atom stereocenters. The monoisotopic (exact) mass is 492 g/mol. The topological polar surface area (TPSA) is 73.4 Å². The van der Waals surface area contributed by atoms with Crippen molar-refractivity contribution in [1.82, 2.24) is 9.88 Å². The lowest BCUT2D eigenvalue weighted by molar-refractivity contribution is -0.139. The van der Waals surface area contributed by atoms with Gasteiger partial charge in [0, 0.05) is 34.1 Å². The van der Waals surface area contributed by atoms with E-state index in [-0.39, 0.29) is 11.3 Å². The van der Waals surface area contributed by atoms with E-state index in [4.69, 9.17) is 0 Å². The van der Waals surface area contributed by atoms with Crippen LogP contribution in [-0.4, -0.2) is 33.2 Å². The minimum Gasteiger partial charge on any atom is -0.507 e. The van der Waals surface area contributed by atoms with Crippen molar-refractivity contribution in [3.63, 3.8) is 0 Å². The van der Waals surface area contributed by atoms with Gasteiger partial charge in [0.05, 0.1) is 11.6 Å². The van der Waals surface area contributed by atoms with Crippen molar-refractivity contribution in [3.05, 3.63) is 112 Å². The normalized spacial score (nSPS) is 17.5. The molecule has 5 nitrogen and oxygen atoms in total. The van der Waals surface area contributed by atoms with Crippen LogP contribution in [0.4, 0.5) is 0 Å². The Labute approximate surface area is 212 Å². The van der Waals surface area contributed by atoms with E-state index >= 15 is 0 Å². The molecule has 6 rings (SSSR count). The highest BCUT2D eigenvalue weighted by atomic mass is 32.1. The number of rotatable bonds is 5. The summed E-state index contributed by atoms with van der Waals surface area (Å²) in [5, 5.41) is 16.4. The fourth-order valence-electron chi connectivity index (χ4n) is 5.20. The number of carbonyl (C=O) groups is 2. The number of aromatic amines is 1. The molecule has 5 aromatic rings. The number of Topliss-reactive ketones (excluding diaryl/α,β-unsaturated/α-hetero) is 1. The van der Waals surface area contributed by atoms with Gasteiger partial charge in [-0.1, -0.05) is 60.7 Å². The number of hydrogen-bond acceptors (Lipinski definition) is 4. The molecule has 6 heteroatoms. The molecule has 0 aliphatic carbocycles. The minimum atomic E-state index is -0.642. The van der Waals surface area contributed by atoms with Crippen molar-refractivity contribution >= 4 is 50.5 Å². The molecule has 0 spiro atoms. The van der Waals surface area contributed by atoms with Crippen LogP contribution in [0.15, 0.2) is 89.9 Å². The number of aromatic nitrogens is 1. The fourth-order valence-corrected chi connectivity index (χ4v) is 6.25. The highest BCUT2D eigenvalue weighted by Crippen LogP contribution is 2.43. The Hall–Kier alpha value is -4.16. The minimum absolute atomic E-state index is 0.127. The maximum Gasteiger partial charge on any atom is 0.295 e. The number of aliphatic hydroxyl groups excluding tert-OH is 1. The van der Waals surface area contributed by atoms with Gasteiger partial charge in [-0.15, -0.1) is 11.3 Å². The molecular weight excluding hydrogens is 468 g/mol. The summed E-state index contributed by atoms with van der Waals surface area (Å²) in [5.41, 5.74) is 3.83. The lowest BCUT2D eigenvalue weighted by atomic mass is 9.95. The zero-order valence-corrected chi connectivity index (χ0v) is 20.5. The van der Waals surface area contributed by atoms with Crippen LogP contribution in [0.25, 0.3) is 27.4 Å². The first kappa shape index (κ1) is 22.3. The van der Waals surface area contributed by atoms with Crippen molar-refractivity contribution in [2.24, 2.45) is 0 Å². The summed E-state index contributed by atoms with van der Waals surface area (Å²) in [6.07, 6.45) is 2.55. The lowest BCUT2D eigenvalue weighted by Crippen LogP contribution is -2.31. The van der Waals surface area contributed by atoms with E-state index in [0.717, 1.165) is 37.7 Å². The molecule has 2 aromatic heterocycles. The highest BCUT2D eigenvalue weighted by molar-refractivity contribution is 7.10. The molecule has 178 valence electrons. The van der Waals surface area contributed by atoms with Crippen LogP contribution in [-0.2, 0) is 16.0 Å². The van der Waals surface area contributed by atoms with E-state index in [1.807, 2.05) is 79.2 Å². The number of para-hydroxylation sites is 1. The molecule has 36 heavy (non-hydrogen) atoms. The number of carbonyl (C=O) groups excluding carboxylic acids is 2. The number of amides is 1. The van der Waals surface area contributed by atoms with Crippen molar-refractivity contribution in [1.29, 1.82) is 0 Å². The van der Waals surface area contributed by atoms with Crippen molar-refractivity contribution in [2.75, 3.05) is 6.54 Å². The number of aliphatic hydroxyl groups is 1. The third-order valence-corrected chi connectivity index (χ3v) is 8.10. The number of aryl methyl sites for hydroxylation is 1. The van der Waals surface area contributed by atoms with Gasteiger partial charge in [-0.2, -0.15) is 0 Å². The Kier molecular flexibility index (Phi) is 5.46. The van der Waals surface area contributed by atoms with Gasteiger partial charge in [-0.05, 0) is 52.8 Å². The Balaban J connectivity index is 1.46. The number of fused-ring (bicyclic) bond motifs is 2. The molecule has 0 radical (unpaired) electrons. The number of hydrogen-bond donors (Lipinski definition) is 2. The molecule has 2 N–H and O–H groups in total. The van der Waals surface area contributed by atoms with E-state index in [1.165, 1.54) is 11.3 Å². The van der Waals surface area contributed by atoms with Gasteiger partial charge in [0.2, 0.25) is 0 Å². The smallest absolute Gasteiger partial charge is 0.295 e. The number of nitrogens with one attached hydrogen (secondary N) is 1. The molecule has 1 aliphatic heterocycles. The van der Waals surface area contributed by atoms with E-state index in [0.29, 0.717) is 18.5 Å². The molecule has 3 aromatic carbocycles. The molecule has 1 unspecified atom stereocenters. The number of thiophene rings is 1. The van der Waals surface area contributed by atoms with E-state index in [1.54, 1.807) is 11.0 Å². The largest absolute Gasteiger partial charge is 0.507 e. The summed E-state index contributed by atoms with van der Waals surface area (Å²) in [4.78, 5) is 32.6. The predicted molar refractivity (Wildman–Crippen MR) is 144 cm³/mol. The first-order valence-corrected chi connectivity index (χ1v) is 12.8. The number of likely N-dealkylation sites (tertiary alicyclic amines) is 1. The Bertz CT molecular complexity index is 1670. The molecule has 1 aliphatic rings. The van der Waals surface area contributed by atoms with Gasteiger partial charge in [0.25, 0.3) is 11.7 Å². The Morgan fingerprint density at radius 2 is 1.72 bits per heavy atom. The van der Waals surface area contributed by atoms with Gasteiger partial charge < -0.3 is 15.0 Å². The molecule has 0 saturated carbocycles. The van der Waals surface area contributed by atoms with Gasteiger partial charge in [-0.25, -0.2) is 0 Å². The standard InChI is InChI=1S/C30H24N2O3S/c1-18-14-16-36-29(18)26-25(27(33)23-11-6-8-19-7-2-3-9-21(19)23)28(34)30(35)32(26)15-13-20-17-31-24-12-5-4-10-22(20)24/h2-12,14,16-17,26,31,33H,13,15H2,1H3/b27-25+. The zero-order chi connectivity index (χ0) is 24.8. The summed E-state index contributed by atoms with van der Waals surface area (Å²) in [7, 11) is 0. The second-order valence-corrected chi connectivity index (χ2v) is 10.0. The van der Waals surface area contributed by atoms with Crippen molar-refractivity contribution < 1.29 is 14.7 Å². The molecule has 3 heterocycles. The summed E-state index contributed by atoms with van der Waals surface area (Å²) in [5.74, 6) is -1.34. The Morgan fingerprint density at radius 1 is 0.972 bits per heavy atom. The fraction of sp³-hybridized carbons (Fsp3) is 0.133. The second kappa shape index (κ2) is 8.81. The summed E-state index contributed by atoms with van der Waals surface area (Å²) in [6, 6.07) is 22.7. The number of nitrogens with zero attached hydrogens (tertiary/aromatic N) is 1. The van der Waals surface area contributed by atoms with Gasteiger partial charge >= 0.3 is 0 Å². The van der Waals surface area contributed by atoms with Crippen LogP contribution in [0.1, 0.15) is 27.6 Å². The molecule has 1 saturated heterocycles. The van der Waals surface area contributed by atoms with E-state index < -0.39 is 17.7 Å². The summed E-state index contributed by atoms with van der Waals surface area (Å²) < 4.78 is 0. The van der Waals surface area contributed by atoms with Crippen LogP contribution >= 0.6 is 11.3 Å². The van der Waals surface area contributed by atoms with Crippen LogP contribution < -0.4 is 0 Å². The van der Waals surface area contributed by atoms with Crippen LogP contribution in [0.3, 0.4) is 0 Å². The van der Waals surface area contributed by atoms with E-state index in [2.05, 4.69) is 11.1 Å². The first-order valence-electron chi connectivity index (χ1n) is 11.9. The average Bonchev–Trinajstić information content (AvgIpc) is 3.58. The zero-order valence-electron chi connectivity index (χ0n) is 19.7. The Morgan fingerprint density at radius 3 is 2.53 bits per heavy atom. The van der Waals surface area contributed by atoms with Crippen molar-refractivity contribution in [2.45, 2.75) is 19.4 Å². The van der Waals surface area contributed by atoms with Crippen LogP contribution in [0.5, 0.6) is 0 Å². The second-order valence-electron chi connectivity index (χ2n) is 9.10. The van der Waals surface area contributed by atoms with Gasteiger partial charge in [-0.3, -0.25) is 9.59 Å². The third kappa shape index (κ3) is 3.53. The lowest BCUT2D eigenvalue weighted by Gasteiger charge is -2.25. The molecule has 0 bridgehead atoms. The number of benzene rings is 3. The van der Waals surface area contributed by atoms with E-state index in [9.17, 15) is 14.7 Å². The van der Waals surface area contributed by atoms with Crippen LogP contribution in [0, 0.1) is 6.92 Å². The van der Waals surface area contributed by atoms with Gasteiger partial charge in [0.15, 0.2) is 0 Å². The SMILES string of the molecule is Cc1ccsc1C1/C(=C(\O)c2cccc3ccccc23)C(=O)C(=O)N1CCc1c[nH]c2ccccc12. The highest BCUT2D eigenvalue weighted by Gasteiger charge is 2.47. The molecule has 1 fully saturated rings. The quantitative estimate of drug-likeness (QED) is 0.170. The average molecular weight is 493 g/mol.